The fourth-order valence-electron chi connectivity index (χ4n) is 2.97. The molecule has 6 nitrogen and oxygen atoms in total. The Balaban J connectivity index is 2.02. The molecule has 0 spiro atoms. The molecule has 1 N–H and O–H groups in total. The summed E-state index contributed by atoms with van der Waals surface area (Å²) in [4.78, 5) is 48.7. The molecule has 1 aromatic rings. The summed E-state index contributed by atoms with van der Waals surface area (Å²) in [5, 5.41) is 2.51. The fourth-order valence-corrected chi connectivity index (χ4v) is 2.97. The number of nitrogens with one attached hydrogen (secondary N) is 1. The Bertz CT molecular complexity index is 716. The highest BCUT2D eigenvalue weighted by Crippen LogP contribution is 2.30. The molecule has 3 rings (SSSR count). The Morgan fingerprint density at radius 3 is 2.68 bits per heavy atom. The summed E-state index contributed by atoms with van der Waals surface area (Å²) in [7, 11) is 0. The van der Waals surface area contributed by atoms with Crippen LogP contribution in [0.3, 0.4) is 0 Å². The minimum Gasteiger partial charge on any atom is -0.354 e. The van der Waals surface area contributed by atoms with Crippen LogP contribution in [0.5, 0.6) is 0 Å². The van der Waals surface area contributed by atoms with Gasteiger partial charge in [-0.1, -0.05) is 0 Å². The van der Waals surface area contributed by atoms with E-state index in [1.165, 1.54) is 13.0 Å². The van der Waals surface area contributed by atoms with Gasteiger partial charge in [0, 0.05) is 12.5 Å². The van der Waals surface area contributed by atoms with Gasteiger partial charge in [-0.3, -0.25) is 19.3 Å². The molecule has 0 saturated carbocycles. The molecular weight excluding hydrogens is 291 g/mol. The number of carbonyl (C=O) groups excluding carboxylic acids is 4. The largest absolute Gasteiger partial charge is 0.354 e. The molecule has 2 aliphatic rings. The van der Waals surface area contributed by atoms with Gasteiger partial charge in [0.25, 0.3) is 11.8 Å². The Morgan fingerprint density at radius 2 is 2.00 bits per heavy atom. The number of halogens is 1. The smallest absolute Gasteiger partial charge is 0.262 e. The number of benzene rings is 1. The summed E-state index contributed by atoms with van der Waals surface area (Å²) in [6.07, 6.45) is 0.776. The number of imide groups is 1. The number of aryl methyl sites for hydroxylation is 1. The van der Waals surface area contributed by atoms with E-state index in [4.69, 9.17) is 0 Å². The van der Waals surface area contributed by atoms with Crippen molar-refractivity contribution in [2.75, 3.05) is 6.54 Å². The molecule has 0 radical (unpaired) electrons. The molecule has 2 heterocycles. The van der Waals surface area contributed by atoms with E-state index in [9.17, 15) is 23.6 Å². The zero-order valence-electron chi connectivity index (χ0n) is 11.8. The third-order valence-electron chi connectivity index (χ3n) is 4.05. The molecule has 0 aliphatic carbocycles. The zero-order valence-corrected chi connectivity index (χ0v) is 11.8. The van der Waals surface area contributed by atoms with E-state index < -0.39 is 35.5 Å². The van der Waals surface area contributed by atoms with Gasteiger partial charge in [0.1, 0.15) is 18.1 Å². The number of carbonyl (C=O) groups is 4. The maximum atomic E-state index is 13.5. The first-order valence-corrected chi connectivity index (χ1v) is 6.85. The molecule has 0 aromatic heterocycles. The summed E-state index contributed by atoms with van der Waals surface area (Å²) in [5.41, 5.74) is 0.426. The molecule has 7 heteroatoms. The van der Waals surface area contributed by atoms with Crippen molar-refractivity contribution < 1.29 is 23.6 Å². The molecular formula is C15H13FN2O4. The third-order valence-corrected chi connectivity index (χ3v) is 4.05. The number of fused-ring (bicyclic) bond motifs is 1. The van der Waals surface area contributed by atoms with Crippen LogP contribution in [0.2, 0.25) is 0 Å². The van der Waals surface area contributed by atoms with Gasteiger partial charge in [0.05, 0.1) is 11.1 Å². The van der Waals surface area contributed by atoms with Crippen LogP contribution in [0.25, 0.3) is 0 Å². The van der Waals surface area contributed by atoms with Crippen LogP contribution in [0.1, 0.15) is 32.7 Å². The maximum absolute atomic E-state index is 13.5. The van der Waals surface area contributed by atoms with Crippen molar-refractivity contribution in [1.29, 1.82) is 0 Å². The SMILES string of the molecule is Cc1cc(F)cc2c1C(=O)N(C1CC(C=O)CNC1=O)C2=O. The van der Waals surface area contributed by atoms with Gasteiger partial charge in [0.2, 0.25) is 5.91 Å². The Morgan fingerprint density at radius 1 is 1.27 bits per heavy atom. The molecule has 2 aliphatic heterocycles. The summed E-state index contributed by atoms with van der Waals surface area (Å²) < 4.78 is 13.5. The van der Waals surface area contributed by atoms with Gasteiger partial charge in [-0.15, -0.1) is 0 Å². The van der Waals surface area contributed by atoms with E-state index in [1.54, 1.807) is 0 Å². The van der Waals surface area contributed by atoms with Crippen LogP contribution in [0.15, 0.2) is 12.1 Å². The lowest BCUT2D eigenvalue weighted by Crippen LogP contribution is -2.55. The summed E-state index contributed by atoms with van der Waals surface area (Å²) in [5.74, 6) is -2.87. The van der Waals surface area contributed by atoms with Crippen molar-refractivity contribution in [1.82, 2.24) is 10.2 Å². The van der Waals surface area contributed by atoms with E-state index in [1.807, 2.05) is 0 Å². The average Bonchev–Trinajstić information content (AvgIpc) is 2.71. The van der Waals surface area contributed by atoms with Gasteiger partial charge >= 0.3 is 0 Å². The Labute approximate surface area is 125 Å². The number of amides is 3. The Kier molecular flexibility index (Phi) is 3.27. The second kappa shape index (κ2) is 5.01. The normalized spacial score (nSPS) is 24.3. The fraction of sp³-hybridized carbons (Fsp3) is 0.333. The van der Waals surface area contributed by atoms with Crippen molar-refractivity contribution in [3.63, 3.8) is 0 Å². The highest BCUT2D eigenvalue weighted by atomic mass is 19.1. The standard InChI is InChI=1S/C15H13FN2O4/c1-7-2-9(16)4-10-12(7)15(22)18(14(10)21)11-3-8(6-19)5-17-13(11)20/h2,4,6,8,11H,3,5H2,1H3,(H,17,20). The van der Waals surface area contributed by atoms with Gasteiger partial charge in [0.15, 0.2) is 0 Å². The number of rotatable bonds is 2. The highest BCUT2D eigenvalue weighted by Gasteiger charge is 2.45. The molecule has 2 unspecified atom stereocenters. The van der Waals surface area contributed by atoms with Crippen molar-refractivity contribution in [3.05, 3.63) is 34.6 Å². The number of aldehydes is 1. The molecule has 0 bridgehead atoms. The quantitative estimate of drug-likeness (QED) is 0.634. The van der Waals surface area contributed by atoms with Gasteiger partial charge in [-0.25, -0.2) is 4.39 Å². The van der Waals surface area contributed by atoms with E-state index in [2.05, 4.69) is 5.32 Å². The number of hydrogen-bond donors (Lipinski definition) is 1. The lowest BCUT2D eigenvalue weighted by Gasteiger charge is -2.31. The van der Waals surface area contributed by atoms with Crippen LogP contribution >= 0.6 is 0 Å². The van der Waals surface area contributed by atoms with Gasteiger partial charge in [-0.05, 0) is 31.0 Å². The van der Waals surface area contributed by atoms with E-state index in [-0.39, 0.29) is 24.1 Å². The predicted octanol–water partition coefficient (Wildman–Crippen LogP) is 0.434. The van der Waals surface area contributed by atoms with E-state index >= 15 is 0 Å². The van der Waals surface area contributed by atoms with Crippen LogP contribution in [-0.2, 0) is 9.59 Å². The molecule has 22 heavy (non-hydrogen) atoms. The average molecular weight is 304 g/mol. The Hall–Kier alpha value is -2.57. The predicted molar refractivity (Wildman–Crippen MR) is 72.6 cm³/mol. The van der Waals surface area contributed by atoms with Gasteiger partial charge in [-0.2, -0.15) is 0 Å². The highest BCUT2D eigenvalue weighted by molar-refractivity contribution is 6.23. The topological polar surface area (TPSA) is 83.6 Å². The van der Waals surface area contributed by atoms with Crippen molar-refractivity contribution in [2.45, 2.75) is 19.4 Å². The second-order valence-electron chi connectivity index (χ2n) is 5.52. The zero-order chi connectivity index (χ0) is 16.0. The molecule has 114 valence electrons. The first-order valence-electron chi connectivity index (χ1n) is 6.85. The van der Waals surface area contributed by atoms with Crippen LogP contribution < -0.4 is 5.32 Å². The minimum absolute atomic E-state index is 0.0384. The van der Waals surface area contributed by atoms with Crippen LogP contribution in [0, 0.1) is 18.7 Å². The molecule has 1 aromatic carbocycles. The number of hydrogen-bond acceptors (Lipinski definition) is 4. The van der Waals surface area contributed by atoms with Crippen molar-refractivity contribution in [3.8, 4) is 0 Å². The van der Waals surface area contributed by atoms with Crippen LogP contribution in [-0.4, -0.2) is 41.5 Å². The second-order valence-corrected chi connectivity index (χ2v) is 5.52. The lowest BCUT2D eigenvalue weighted by atomic mass is 9.95. The molecule has 3 amide bonds. The maximum Gasteiger partial charge on any atom is 0.262 e. The van der Waals surface area contributed by atoms with Crippen LogP contribution in [0.4, 0.5) is 4.39 Å². The van der Waals surface area contributed by atoms with Crippen molar-refractivity contribution >= 4 is 24.0 Å². The third kappa shape index (κ3) is 2.01. The van der Waals surface area contributed by atoms with E-state index in [0.29, 0.717) is 11.8 Å². The minimum atomic E-state index is -1.04. The molecule has 1 fully saturated rings. The van der Waals surface area contributed by atoms with E-state index in [0.717, 1.165) is 11.0 Å². The number of nitrogens with zero attached hydrogens (tertiary/aromatic N) is 1. The molecule has 1 saturated heterocycles. The lowest BCUT2D eigenvalue weighted by molar-refractivity contribution is -0.128. The monoisotopic (exact) mass is 304 g/mol. The summed E-state index contributed by atoms with van der Waals surface area (Å²) in [6, 6.07) is 1.13. The van der Waals surface area contributed by atoms with Gasteiger partial charge < -0.3 is 10.1 Å². The first-order chi connectivity index (χ1) is 10.4. The summed E-state index contributed by atoms with van der Waals surface area (Å²) in [6.45, 7) is 1.72. The summed E-state index contributed by atoms with van der Waals surface area (Å²) >= 11 is 0. The van der Waals surface area contributed by atoms with Crippen molar-refractivity contribution in [2.24, 2.45) is 5.92 Å². The molecule has 2 atom stereocenters. The number of piperidine rings is 1. The first kappa shape index (κ1) is 14.4.